The first-order chi connectivity index (χ1) is 12.4. The summed E-state index contributed by atoms with van der Waals surface area (Å²) in [5, 5.41) is 13.4. The summed E-state index contributed by atoms with van der Waals surface area (Å²) >= 11 is 0. The summed E-state index contributed by atoms with van der Waals surface area (Å²) < 4.78 is 5.28. The molecule has 138 valence electrons. The zero-order chi connectivity index (χ0) is 19.1. The van der Waals surface area contributed by atoms with Crippen LogP contribution in [0, 0.1) is 16.0 Å². The van der Waals surface area contributed by atoms with Crippen molar-refractivity contribution >= 4 is 23.4 Å². The molecule has 26 heavy (non-hydrogen) atoms. The van der Waals surface area contributed by atoms with Crippen molar-refractivity contribution in [3.63, 3.8) is 0 Å². The number of aliphatic imine (C=N–C) groups is 1. The lowest BCUT2D eigenvalue weighted by Crippen LogP contribution is -2.44. The Morgan fingerprint density at radius 3 is 2.65 bits per heavy atom. The third-order valence-electron chi connectivity index (χ3n) is 4.00. The number of unbranched alkanes of at least 4 members (excludes halogenated alkanes) is 1. The van der Waals surface area contributed by atoms with Gasteiger partial charge in [-0.1, -0.05) is 37.6 Å². The maximum Gasteiger partial charge on any atom is 0.341 e. The highest BCUT2D eigenvalue weighted by Crippen LogP contribution is 2.29. The number of nitro benzene ring substituents is 1. The van der Waals surface area contributed by atoms with Gasteiger partial charge < -0.3 is 10.1 Å². The fourth-order valence-electron chi connectivity index (χ4n) is 2.68. The number of nitrogens with one attached hydrogen (secondary N) is 1. The largest absolute Gasteiger partial charge is 0.461 e. The second kappa shape index (κ2) is 8.89. The second-order valence-electron chi connectivity index (χ2n) is 5.90. The van der Waals surface area contributed by atoms with Crippen molar-refractivity contribution in [2.75, 3.05) is 6.61 Å². The zero-order valence-corrected chi connectivity index (χ0v) is 14.7. The molecule has 0 saturated carbocycles. The molecule has 2 atom stereocenters. The predicted molar refractivity (Wildman–Crippen MR) is 96.0 cm³/mol. The number of non-ortho nitro benzene ring substituents is 1. The summed E-state index contributed by atoms with van der Waals surface area (Å²) in [7, 11) is 0. The molecule has 0 bridgehead atoms. The molecule has 2 amide bonds. The van der Waals surface area contributed by atoms with Crippen molar-refractivity contribution in [2.24, 2.45) is 10.9 Å². The van der Waals surface area contributed by atoms with Crippen molar-refractivity contribution in [2.45, 2.75) is 32.7 Å². The second-order valence-corrected chi connectivity index (χ2v) is 5.90. The summed E-state index contributed by atoms with van der Waals surface area (Å²) in [4.78, 5) is 38.4. The number of nitrogens with zero attached hydrogens (tertiary/aromatic N) is 2. The molecule has 0 aliphatic carbocycles. The van der Waals surface area contributed by atoms with E-state index in [1.165, 1.54) is 24.3 Å². The van der Waals surface area contributed by atoms with E-state index < -0.39 is 28.9 Å². The van der Waals surface area contributed by atoms with Gasteiger partial charge in [0.1, 0.15) is 12.5 Å². The van der Waals surface area contributed by atoms with E-state index in [2.05, 4.69) is 17.2 Å². The predicted octanol–water partition coefficient (Wildman–Crippen LogP) is 3.34. The fourth-order valence-corrected chi connectivity index (χ4v) is 2.68. The van der Waals surface area contributed by atoms with Gasteiger partial charge in [-0.05, 0) is 18.9 Å². The molecule has 1 aromatic carbocycles. The van der Waals surface area contributed by atoms with Gasteiger partial charge in [0.15, 0.2) is 0 Å². The molecule has 0 aromatic heterocycles. The van der Waals surface area contributed by atoms with Crippen LogP contribution >= 0.6 is 0 Å². The third-order valence-corrected chi connectivity index (χ3v) is 4.00. The molecule has 8 heteroatoms. The number of amides is 2. The summed E-state index contributed by atoms with van der Waals surface area (Å²) in [5.41, 5.74) is 0.850. The maximum atomic E-state index is 12.5. The zero-order valence-electron chi connectivity index (χ0n) is 14.7. The van der Waals surface area contributed by atoms with E-state index in [0.29, 0.717) is 11.3 Å². The van der Waals surface area contributed by atoms with E-state index >= 15 is 0 Å². The van der Waals surface area contributed by atoms with Crippen molar-refractivity contribution in [3.8, 4) is 0 Å². The van der Waals surface area contributed by atoms with E-state index in [4.69, 9.17) is 4.74 Å². The first-order valence-corrected chi connectivity index (χ1v) is 8.35. The minimum absolute atomic E-state index is 0.0681. The van der Waals surface area contributed by atoms with Crippen molar-refractivity contribution in [3.05, 3.63) is 52.1 Å². The molecule has 8 nitrogen and oxygen atoms in total. The molecule has 0 spiro atoms. The topological polar surface area (TPSA) is 111 Å². The molecular weight excluding hydrogens is 338 g/mol. The quantitative estimate of drug-likeness (QED) is 0.347. The summed E-state index contributed by atoms with van der Waals surface area (Å²) in [6.07, 6.45) is 5.62. The Balaban J connectivity index is 2.19. The Morgan fingerprint density at radius 1 is 1.35 bits per heavy atom. The number of nitro groups is 1. The SMILES string of the molecule is CCC/C=C/COC(=O)C1C(C)=NC(=O)NC1c1ccc([N+](=O)[O-])cc1. The normalized spacial score (nSPS) is 19.8. The van der Waals surface area contributed by atoms with Crippen LogP contribution in [0.25, 0.3) is 0 Å². The highest BCUT2D eigenvalue weighted by atomic mass is 16.6. The molecule has 1 aliphatic rings. The van der Waals surface area contributed by atoms with Crippen molar-refractivity contribution in [1.29, 1.82) is 0 Å². The number of ether oxygens (including phenoxy) is 1. The first kappa shape index (κ1) is 19.3. The molecule has 1 aromatic rings. The van der Waals surface area contributed by atoms with Crippen LogP contribution in [0.1, 0.15) is 38.3 Å². The monoisotopic (exact) mass is 359 g/mol. The fraction of sp³-hybridized carbons (Fsp3) is 0.389. The van der Waals surface area contributed by atoms with Crippen LogP contribution in [-0.2, 0) is 9.53 Å². The van der Waals surface area contributed by atoms with Crippen molar-refractivity contribution in [1.82, 2.24) is 5.32 Å². The lowest BCUT2D eigenvalue weighted by atomic mass is 9.88. The Morgan fingerprint density at radius 2 is 2.04 bits per heavy atom. The van der Waals surface area contributed by atoms with Gasteiger partial charge in [0.2, 0.25) is 0 Å². The Labute approximate surface area is 151 Å². The van der Waals surface area contributed by atoms with Gasteiger partial charge >= 0.3 is 12.0 Å². The Kier molecular flexibility index (Phi) is 6.60. The average Bonchev–Trinajstić information content (AvgIpc) is 2.60. The van der Waals surface area contributed by atoms with Crippen LogP contribution in [0.15, 0.2) is 41.4 Å². The molecule has 0 radical (unpaired) electrons. The molecule has 0 saturated heterocycles. The number of esters is 1. The number of carbonyl (C=O) groups is 2. The van der Waals surface area contributed by atoms with Crippen LogP contribution in [-0.4, -0.2) is 29.2 Å². The number of rotatable bonds is 7. The lowest BCUT2D eigenvalue weighted by Gasteiger charge is -2.29. The third kappa shape index (κ3) is 4.75. The van der Waals surface area contributed by atoms with Gasteiger partial charge in [-0.25, -0.2) is 9.79 Å². The van der Waals surface area contributed by atoms with Gasteiger partial charge in [0.05, 0.1) is 11.0 Å². The molecule has 1 aliphatic heterocycles. The van der Waals surface area contributed by atoms with Gasteiger partial charge in [0, 0.05) is 17.8 Å². The van der Waals surface area contributed by atoms with Crippen LogP contribution < -0.4 is 5.32 Å². The molecular formula is C18H21N3O5. The average molecular weight is 359 g/mol. The molecule has 1 N–H and O–H groups in total. The number of hydrogen-bond donors (Lipinski definition) is 1. The standard InChI is InChI=1S/C18H21N3O5/c1-3-4-5-6-11-26-17(22)15-12(2)19-18(23)20-16(15)13-7-9-14(10-8-13)21(24)25/h5-10,15-16H,3-4,11H2,1-2H3,(H,20,23)/b6-5+. The smallest absolute Gasteiger partial charge is 0.341 e. The first-order valence-electron chi connectivity index (χ1n) is 8.35. The molecule has 2 rings (SSSR count). The maximum absolute atomic E-state index is 12.5. The van der Waals surface area contributed by atoms with Crippen LogP contribution in [0.3, 0.4) is 0 Å². The van der Waals surface area contributed by atoms with E-state index in [0.717, 1.165) is 12.8 Å². The molecule has 1 heterocycles. The number of carbonyl (C=O) groups excluding carboxylic acids is 2. The van der Waals surface area contributed by atoms with Gasteiger partial charge in [-0.2, -0.15) is 0 Å². The van der Waals surface area contributed by atoms with E-state index in [1.807, 2.05) is 6.08 Å². The van der Waals surface area contributed by atoms with E-state index in [9.17, 15) is 19.7 Å². The summed E-state index contributed by atoms with van der Waals surface area (Å²) in [6, 6.07) is 4.45. The number of hydrogen-bond acceptors (Lipinski definition) is 5. The molecule has 2 unspecified atom stereocenters. The summed E-state index contributed by atoms with van der Waals surface area (Å²) in [6.45, 7) is 3.79. The minimum atomic E-state index is -0.784. The van der Waals surface area contributed by atoms with E-state index in [-0.39, 0.29) is 12.3 Å². The molecule has 0 fully saturated rings. The Bertz CT molecular complexity index is 740. The van der Waals surface area contributed by atoms with Crippen molar-refractivity contribution < 1.29 is 19.2 Å². The number of benzene rings is 1. The van der Waals surface area contributed by atoms with E-state index in [1.54, 1.807) is 13.0 Å². The number of urea groups is 1. The van der Waals surface area contributed by atoms with Gasteiger partial charge in [-0.3, -0.25) is 14.9 Å². The highest BCUT2D eigenvalue weighted by Gasteiger charge is 2.38. The van der Waals surface area contributed by atoms with Gasteiger partial charge in [0.25, 0.3) is 5.69 Å². The van der Waals surface area contributed by atoms with Gasteiger partial charge in [-0.15, -0.1) is 0 Å². The Hall–Kier alpha value is -3.03. The van der Waals surface area contributed by atoms with Crippen LogP contribution in [0.4, 0.5) is 10.5 Å². The highest BCUT2D eigenvalue weighted by molar-refractivity contribution is 6.08. The summed E-state index contributed by atoms with van der Waals surface area (Å²) in [5.74, 6) is -1.29. The van der Waals surface area contributed by atoms with Crippen LogP contribution in [0.5, 0.6) is 0 Å². The lowest BCUT2D eigenvalue weighted by molar-refractivity contribution is -0.384. The van der Waals surface area contributed by atoms with Crippen LogP contribution in [0.2, 0.25) is 0 Å². The minimum Gasteiger partial charge on any atom is -0.461 e. The number of allylic oxidation sites excluding steroid dienone is 1.